The lowest BCUT2D eigenvalue weighted by Gasteiger charge is -2.10. The van der Waals surface area contributed by atoms with Gasteiger partial charge in [0.1, 0.15) is 0 Å². The molecule has 1 heterocycles. The standard InChI is InChI=1S/C11H17BrN2S/c1-9(8-15-2)5-13-7-11-4-3-10(12)6-14-11/h3-4,6,9,13H,5,7-8H2,1-2H3. The van der Waals surface area contributed by atoms with Crippen molar-refractivity contribution < 1.29 is 0 Å². The first-order valence-electron chi connectivity index (χ1n) is 5.02. The summed E-state index contributed by atoms with van der Waals surface area (Å²) in [7, 11) is 0. The van der Waals surface area contributed by atoms with E-state index < -0.39 is 0 Å². The molecule has 1 rings (SSSR count). The van der Waals surface area contributed by atoms with Crippen molar-refractivity contribution in [3.63, 3.8) is 0 Å². The van der Waals surface area contributed by atoms with Gasteiger partial charge in [-0.05, 0) is 52.5 Å². The second kappa shape index (κ2) is 7.25. The Labute approximate surface area is 104 Å². The molecule has 0 saturated carbocycles. The van der Waals surface area contributed by atoms with Crippen molar-refractivity contribution >= 4 is 27.7 Å². The van der Waals surface area contributed by atoms with E-state index in [1.807, 2.05) is 30.1 Å². The highest BCUT2D eigenvalue weighted by Gasteiger charge is 2.00. The third-order valence-corrected chi connectivity index (χ3v) is 3.41. The van der Waals surface area contributed by atoms with Crippen LogP contribution in [0.4, 0.5) is 0 Å². The van der Waals surface area contributed by atoms with Gasteiger partial charge in [0.25, 0.3) is 0 Å². The predicted molar refractivity (Wildman–Crippen MR) is 71.2 cm³/mol. The van der Waals surface area contributed by atoms with Crippen molar-refractivity contribution in [3.05, 3.63) is 28.5 Å². The van der Waals surface area contributed by atoms with Crippen LogP contribution in [0.5, 0.6) is 0 Å². The second-order valence-electron chi connectivity index (χ2n) is 3.66. The van der Waals surface area contributed by atoms with E-state index >= 15 is 0 Å². The molecule has 0 fully saturated rings. The smallest absolute Gasteiger partial charge is 0.0542 e. The molecule has 0 aliphatic rings. The van der Waals surface area contributed by atoms with Gasteiger partial charge in [-0.2, -0.15) is 11.8 Å². The first-order chi connectivity index (χ1) is 7.22. The number of nitrogens with zero attached hydrogens (tertiary/aromatic N) is 1. The van der Waals surface area contributed by atoms with Crippen molar-refractivity contribution in [2.24, 2.45) is 5.92 Å². The van der Waals surface area contributed by atoms with Crippen molar-refractivity contribution in [2.75, 3.05) is 18.6 Å². The number of hydrogen-bond acceptors (Lipinski definition) is 3. The fraction of sp³-hybridized carbons (Fsp3) is 0.545. The highest BCUT2D eigenvalue weighted by atomic mass is 79.9. The normalized spacial score (nSPS) is 12.7. The summed E-state index contributed by atoms with van der Waals surface area (Å²) in [5, 5.41) is 3.41. The number of hydrogen-bond donors (Lipinski definition) is 1. The maximum Gasteiger partial charge on any atom is 0.0542 e. The SMILES string of the molecule is CSCC(C)CNCc1ccc(Br)cn1. The topological polar surface area (TPSA) is 24.9 Å². The van der Waals surface area contributed by atoms with E-state index in [1.54, 1.807) is 0 Å². The zero-order valence-electron chi connectivity index (χ0n) is 9.16. The number of rotatable bonds is 6. The van der Waals surface area contributed by atoms with E-state index in [2.05, 4.69) is 39.4 Å². The summed E-state index contributed by atoms with van der Waals surface area (Å²) >= 11 is 5.27. The van der Waals surface area contributed by atoms with E-state index in [0.29, 0.717) is 0 Å². The summed E-state index contributed by atoms with van der Waals surface area (Å²) in [6.07, 6.45) is 3.98. The molecule has 15 heavy (non-hydrogen) atoms. The van der Waals surface area contributed by atoms with Gasteiger partial charge < -0.3 is 5.32 Å². The van der Waals surface area contributed by atoms with Gasteiger partial charge in [0, 0.05) is 17.2 Å². The highest BCUT2D eigenvalue weighted by Crippen LogP contribution is 2.07. The lowest BCUT2D eigenvalue weighted by atomic mass is 10.2. The lowest BCUT2D eigenvalue weighted by Crippen LogP contribution is -2.22. The molecule has 0 aromatic carbocycles. The monoisotopic (exact) mass is 288 g/mol. The zero-order chi connectivity index (χ0) is 11.1. The Morgan fingerprint density at radius 2 is 2.33 bits per heavy atom. The van der Waals surface area contributed by atoms with Crippen molar-refractivity contribution in [1.82, 2.24) is 10.3 Å². The van der Waals surface area contributed by atoms with Crippen LogP contribution in [0.2, 0.25) is 0 Å². The molecule has 2 nitrogen and oxygen atoms in total. The van der Waals surface area contributed by atoms with Gasteiger partial charge >= 0.3 is 0 Å². The van der Waals surface area contributed by atoms with E-state index in [4.69, 9.17) is 0 Å². The molecule has 1 N–H and O–H groups in total. The molecule has 0 radical (unpaired) electrons. The largest absolute Gasteiger partial charge is 0.311 e. The Morgan fingerprint density at radius 1 is 1.53 bits per heavy atom. The molecule has 0 bridgehead atoms. The van der Waals surface area contributed by atoms with Gasteiger partial charge in [0.05, 0.1) is 5.69 Å². The maximum absolute atomic E-state index is 4.31. The number of thioether (sulfide) groups is 1. The molecule has 1 unspecified atom stereocenters. The Balaban J connectivity index is 2.22. The first-order valence-corrected chi connectivity index (χ1v) is 7.21. The summed E-state index contributed by atoms with van der Waals surface area (Å²) in [6.45, 7) is 4.17. The predicted octanol–water partition coefficient (Wildman–Crippen LogP) is 2.93. The minimum absolute atomic E-state index is 0.718. The molecule has 0 amide bonds. The lowest BCUT2D eigenvalue weighted by molar-refractivity contribution is 0.555. The molecule has 1 aromatic heterocycles. The van der Waals surface area contributed by atoms with E-state index in [1.165, 1.54) is 5.75 Å². The van der Waals surface area contributed by atoms with E-state index in [9.17, 15) is 0 Å². The van der Waals surface area contributed by atoms with Crippen LogP contribution in [0.1, 0.15) is 12.6 Å². The molecule has 84 valence electrons. The number of halogens is 1. The summed E-state index contributed by atoms with van der Waals surface area (Å²) in [4.78, 5) is 4.31. The summed E-state index contributed by atoms with van der Waals surface area (Å²) in [5.74, 6) is 1.93. The molecular formula is C11H17BrN2S. The second-order valence-corrected chi connectivity index (χ2v) is 5.49. The quantitative estimate of drug-likeness (QED) is 0.871. The van der Waals surface area contributed by atoms with E-state index in [-0.39, 0.29) is 0 Å². The van der Waals surface area contributed by atoms with Crippen LogP contribution in [0.25, 0.3) is 0 Å². The minimum Gasteiger partial charge on any atom is -0.311 e. The molecular weight excluding hydrogens is 272 g/mol. The average Bonchev–Trinajstić information content (AvgIpc) is 2.21. The fourth-order valence-electron chi connectivity index (χ4n) is 1.30. The Kier molecular flexibility index (Phi) is 6.29. The molecule has 1 aromatic rings. The van der Waals surface area contributed by atoms with E-state index in [0.717, 1.165) is 29.2 Å². The van der Waals surface area contributed by atoms with Crippen LogP contribution < -0.4 is 5.32 Å². The van der Waals surface area contributed by atoms with Crippen molar-refractivity contribution in [3.8, 4) is 0 Å². The molecule has 0 spiro atoms. The summed E-state index contributed by atoms with van der Waals surface area (Å²) in [6, 6.07) is 4.06. The Bertz CT molecular complexity index is 276. The van der Waals surface area contributed by atoms with Gasteiger partial charge in [-0.3, -0.25) is 4.98 Å². The van der Waals surface area contributed by atoms with Crippen LogP contribution >= 0.6 is 27.7 Å². The number of nitrogens with one attached hydrogen (secondary N) is 1. The molecule has 4 heteroatoms. The fourth-order valence-corrected chi connectivity index (χ4v) is 2.22. The molecule has 0 aliphatic carbocycles. The average molecular weight is 289 g/mol. The summed E-state index contributed by atoms with van der Waals surface area (Å²) < 4.78 is 1.03. The number of aromatic nitrogens is 1. The van der Waals surface area contributed by atoms with Gasteiger partial charge in [-0.1, -0.05) is 6.92 Å². The molecule has 1 atom stereocenters. The van der Waals surface area contributed by atoms with Crippen LogP contribution in [0.15, 0.2) is 22.8 Å². The summed E-state index contributed by atoms with van der Waals surface area (Å²) in [5.41, 5.74) is 1.09. The third-order valence-electron chi connectivity index (χ3n) is 2.04. The molecule has 0 saturated heterocycles. The maximum atomic E-state index is 4.31. The zero-order valence-corrected chi connectivity index (χ0v) is 11.6. The minimum atomic E-state index is 0.718. The third kappa shape index (κ3) is 5.54. The van der Waals surface area contributed by atoms with Gasteiger partial charge in [-0.15, -0.1) is 0 Å². The van der Waals surface area contributed by atoms with Crippen LogP contribution in [0, 0.1) is 5.92 Å². The Hall–Kier alpha value is -0.0600. The number of pyridine rings is 1. The van der Waals surface area contributed by atoms with Crippen LogP contribution in [-0.2, 0) is 6.54 Å². The molecule has 0 aliphatic heterocycles. The van der Waals surface area contributed by atoms with Gasteiger partial charge in [0.15, 0.2) is 0 Å². The van der Waals surface area contributed by atoms with Crippen LogP contribution in [-0.4, -0.2) is 23.5 Å². The van der Waals surface area contributed by atoms with Gasteiger partial charge in [0.2, 0.25) is 0 Å². The Morgan fingerprint density at radius 3 is 2.93 bits per heavy atom. The van der Waals surface area contributed by atoms with Crippen LogP contribution in [0.3, 0.4) is 0 Å². The van der Waals surface area contributed by atoms with Gasteiger partial charge in [-0.25, -0.2) is 0 Å². The van der Waals surface area contributed by atoms with Crippen molar-refractivity contribution in [1.29, 1.82) is 0 Å². The highest BCUT2D eigenvalue weighted by molar-refractivity contribution is 9.10. The van der Waals surface area contributed by atoms with Crippen molar-refractivity contribution in [2.45, 2.75) is 13.5 Å². The first kappa shape index (κ1) is 13.0.